The third kappa shape index (κ3) is 1.01. The van der Waals surface area contributed by atoms with Crippen molar-refractivity contribution in [2.24, 2.45) is 0 Å². The summed E-state index contributed by atoms with van der Waals surface area (Å²) in [5.74, 6) is -0.431. The first-order valence-corrected chi connectivity index (χ1v) is 4.66. The molecule has 0 bridgehead atoms. The van der Waals surface area contributed by atoms with Crippen molar-refractivity contribution < 1.29 is 9.90 Å². The lowest BCUT2D eigenvalue weighted by atomic mass is 10.1. The maximum Gasteiger partial charge on any atom is 0.257 e. The Morgan fingerprint density at radius 1 is 1.33 bits per heavy atom. The molecule has 0 saturated heterocycles. The van der Waals surface area contributed by atoms with Crippen molar-refractivity contribution in [3.63, 3.8) is 0 Å². The number of carbonyl (C=O) groups is 1. The Labute approximate surface area is 85.6 Å². The minimum Gasteiger partial charge on any atom is -0.493 e. The zero-order chi connectivity index (χ0) is 10.4. The van der Waals surface area contributed by atoms with Gasteiger partial charge in [-0.3, -0.25) is 4.79 Å². The number of fused-ring (bicyclic) bond motifs is 3. The van der Waals surface area contributed by atoms with Crippen LogP contribution in [0.15, 0.2) is 24.3 Å². The van der Waals surface area contributed by atoms with E-state index in [2.05, 4.69) is 10.3 Å². The topological polar surface area (TPSA) is 62.2 Å². The largest absolute Gasteiger partial charge is 0.493 e. The van der Waals surface area contributed by atoms with Crippen LogP contribution in [0.2, 0.25) is 0 Å². The van der Waals surface area contributed by atoms with Crippen LogP contribution >= 0.6 is 0 Å². The van der Waals surface area contributed by atoms with E-state index in [-0.39, 0.29) is 11.8 Å². The highest BCUT2D eigenvalue weighted by Crippen LogP contribution is 2.30. The Kier molecular flexibility index (Phi) is 1.48. The Morgan fingerprint density at radius 2 is 2.13 bits per heavy atom. The Hall–Kier alpha value is -2.10. The van der Waals surface area contributed by atoms with Crippen LogP contribution in [0.5, 0.6) is 5.88 Å². The maximum absolute atomic E-state index is 11.4. The average Bonchev–Trinajstić information content (AvgIpc) is 2.62. The molecule has 0 spiro atoms. The monoisotopic (exact) mass is 200 g/mol. The van der Waals surface area contributed by atoms with Gasteiger partial charge in [-0.2, -0.15) is 0 Å². The van der Waals surface area contributed by atoms with Crippen molar-refractivity contribution in [1.29, 1.82) is 0 Å². The van der Waals surface area contributed by atoms with Crippen molar-refractivity contribution in [3.8, 4) is 5.88 Å². The number of hydrogen-bond acceptors (Lipinski definition) is 3. The maximum atomic E-state index is 11.4. The van der Waals surface area contributed by atoms with Crippen LogP contribution < -0.4 is 5.32 Å². The van der Waals surface area contributed by atoms with Gasteiger partial charge in [-0.1, -0.05) is 18.2 Å². The van der Waals surface area contributed by atoms with Gasteiger partial charge in [0.15, 0.2) is 0 Å². The van der Waals surface area contributed by atoms with E-state index in [0.29, 0.717) is 17.6 Å². The third-order valence-electron chi connectivity index (χ3n) is 2.63. The van der Waals surface area contributed by atoms with Crippen LogP contribution in [0.1, 0.15) is 15.9 Å². The molecule has 0 radical (unpaired) electrons. The summed E-state index contributed by atoms with van der Waals surface area (Å²) in [7, 11) is 0. The van der Waals surface area contributed by atoms with Gasteiger partial charge in [-0.15, -0.1) is 0 Å². The van der Waals surface area contributed by atoms with Crippen LogP contribution in [0.3, 0.4) is 0 Å². The van der Waals surface area contributed by atoms with Crippen molar-refractivity contribution in [2.75, 3.05) is 0 Å². The summed E-state index contributed by atoms with van der Waals surface area (Å²) in [5, 5.41) is 13.2. The van der Waals surface area contributed by atoms with Gasteiger partial charge in [0.2, 0.25) is 5.88 Å². The van der Waals surface area contributed by atoms with Gasteiger partial charge < -0.3 is 10.4 Å². The molecule has 1 aromatic heterocycles. The van der Waals surface area contributed by atoms with Crippen molar-refractivity contribution in [1.82, 2.24) is 10.3 Å². The molecular formula is C11H8N2O2. The molecular weight excluding hydrogens is 192 g/mol. The highest BCUT2D eigenvalue weighted by molar-refractivity contribution is 6.05. The molecule has 0 unspecified atom stereocenters. The van der Waals surface area contributed by atoms with E-state index < -0.39 is 0 Å². The first-order valence-electron chi connectivity index (χ1n) is 4.66. The van der Waals surface area contributed by atoms with Gasteiger partial charge >= 0.3 is 0 Å². The highest BCUT2D eigenvalue weighted by Gasteiger charge is 2.25. The molecule has 4 heteroatoms. The summed E-state index contributed by atoms with van der Waals surface area (Å²) in [5.41, 5.74) is 1.86. The molecule has 2 N–H and O–H groups in total. The second kappa shape index (κ2) is 2.70. The molecule has 1 amide bonds. The minimum atomic E-state index is -0.249. The molecule has 0 fully saturated rings. The molecule has 4 nitrogen and oxygen atoms in total. The van der Waals surface area contributed by atoms with Gasteiger partial charge in [0.25, 0.3) is 5.91 Å². The summed E-state index contributed by atoms with van der Waals surface area (Å²) in [6.45, 7) is 0.463. The molecule has 74 valence electrons. The SMILES string of the molecule is O=C1NCc2c1c(O)nc1ccccc21. The molecule has 0 aliphatic carbocycles. The van der Waals surface area contributed by atoms with Crippen LogP contribution in [0, 0.1) is 0 Å². The molecule has 2 heterocycles. The number of pyridine rings is 1. The predicted molar refractivity (Wildman–Crippen MR) is 54.6 cm³/mol. The first-order chi connectivity index (χ1) is 7.27. The Bertz CT molecular complexity index is 578. The van der Waals surface area contributed by atoms with Gasteiger partial charge in [0.1, 0.15) is 5.56 Å². The highest BCUT2D eigenvalue weighted by atomic mass is 16.3. The van der Waals surface area contributed by atoms with E-state index in [1.165, 1.54) is 0 Å². The first kappa shape index (κ1) is 8.23. The second-order valence-electron chi connectivity index (χ2n) is 3.49. The smallest absolute Gasteiger partial charge is 0.257 e. The lowest BCUT2D eigenvalue weighted by Crippen LogP contribution is -2.12. The van der Waals surface area contributed by atoms with E-state index in [9.17, 15) is 9.90 Å². The number of hydrogen-bond donors (Lipinski definition) is 2. The number of nitrogens with zero attached hydrogens (tertiary/aromatic N) is 1. The number of carbonyl (C=O) groups excluding carboxylic acids is 1. The molecule has 1 aromatic carbocycles. The van der Waals surface area contributed by atoms with Crippen LogP contribution in [0.4, 0.5) is 0 Å². The van der Waals surface area contributed by atoms with Gasteiger partial charge in [-0.25, -0.2) is 4.98 Å². The average molecular weight is 200 g/mol. The number of rotatable bonds is 0. The van der Waals surface area contributed by atoms with E-state index in [1.54, 1.807) is 0 Å². The normalized spacial score (nSPS) is 14.0. The second-order valence-corrected chi connectivity index (χ2v) is 3.49. The molecule has 0 saturated carbocycles. The third-order valence-corrected chi connectivity index (χ3v) is 2.63. The van der Waals surface area contributed by atoms with Crippen LogP contribution in [-0.4, -0.2) is 16.0 Å². The minimum absolute atomic E-state index is 0.182. The van der Waals surface area contributed by atoms with Gasteiger partial charge in [0, 0.05) is 11.9 Å². The summed E-state index contributed by atoms with van der Waals surface area (Å²) in [4.78, 5) is 15.4. The standard InChI is InChI=1S/C11H8N2O2/c14-10-9-7(5-12-10)6-3-1-2-4-8(6)13-11(9)15/h1-4H,5H2,(H,12,14)(H,13,15). The van der Waals surface area contributed by atoms with Crippen molar-refractivity contribution in [2.45, 2.75) is 6.54 Å². The van der Waals surface area contributed by atoms with E-state index >= 15 is 0 Å². The number of aromatic hydroxyl groups is 1. The Balaban J connectivity index is 2.48. The molecule has 15 heavy (non-hydrogen) atoms. The molecule has 3 rings (SSSR count). The summed E-state index contributed by atoms with van der Waals surface area (Å²) in [6.07, 6.45) is 0. The molecule has 1 aliphatic rings. The zero-order valence-corrected chi connectivity index (χ0v) is 7.82. The van der Waals surface area contributed by atoms with E-state index in [4.69, 9.17) is 0 Å². The van der Waals surface area contributed by atoms with E-state index in [0.717, 1.165) is 10.9 Å². The van der Waals surface area contributed by atoms with E-state index in [1.807, 2.05) is 24.3 Å². The fourth-order valence-corrected chi connectivity index (χ4v) is 1.95. The number of nitrogens with one attached hydrogen (secondary N) is 1. The summed E-state index contributed by atoms with van der Waals surface area (Å²) < 4.78 is 0. The number of benzene rings is 1. The predicted octanol–water partition coefficient (Wildman–Crippen LogP) is 1.18. The number of amides is 1. The fourth-order valence-electron chi connectivity index (χ4n) is 1.95. The van der Waals surface area contributed by atoms with Gasteiger partial charge in [0.05, 0.1) is 5.52 Å². The lowest BCUT2D eigenvalue weighted by Gasteiger charge is -2.03. The molecule has 0 atom stereocenters. The van der Waals surface area contributed by atoms with Crippen LogP contribution in [-0.2, 0) is 6.54 Å². The van der Waals surface area contributed by atoms with Crippen molar-refractivity contribution >= 4 is 16.8 Å². The summed E-state index contributed by atoms with van der Waals surface area (Å²) in [6, 6.07) is 7.47. The molecule has 1 aliphatic heterocycles. The summed E-state index contributed by atoms with van der Waals surface area (Å²) >= 11 is 0. The fraction of sp³-hybridized carbons (Fsp3) is 0.0909. The van der Waals surface area contributed by atoms with Gasteiger partial charge in [-0.05, 0) is 11.6 Å². The lowest BCUT2D eigenvalue weighted by molar-refractivity contribution is 0.0963. The van der Waals surface area contributed by atoms with Crippen molar-refractivity contribution in [3.05, 3.63) is 35.4 Å². The Morgan fingerprint density at radius 3 is 3.00 bits per heavy atom. The number of aromatic nitrogens is 1. The molecule has 2 aromatic rings. The zero-order valence-electron chi connectivity index (χ0n) is 7.82. The number of para-hydroxylation sites is 1. The quantitative estimate of drug-likeness (QED) is 0.671. The van der Waals surface area contributed by atoms with Crippen LogP contribution in [0.25, 0.3) is 10.9 Å².